The molecule has 0 bridgehead atoms. The van der Waals surface area contributed by atoms with Gasteiger partial charge in [-0.2, -0.15) is 0 Å². The van der Waals surface area contributed by atoms with Gasteiger partial charge in [0.2, 0.25) is 0 Å². The first-order valence-corrected chi connectivity index (χ1v) is 8.26. The molecule has 1 aliphatic rings. The number of esters is 1. The van der Waals surface area contributed by atoms with E-state index >= 15 is 0 Å². The highest BCUT2D eigenvalue weighted by Crippen LogP contribution is 2.45. The predicted molar refractivity (Wildman–Crippen MR) is 81.6 cm³/mol. The zero-order valence-electron chi connectivity index (χ0n) is 13.7. The van der Waals surface area contributed by atoms with E-state index in [1.165, 1.54) is 19.3 Å². The van der Waals surface area contributed by atoms with Crippen LogP contribution in [0.25, 0.3) is 0 Å². The highest BCUT2D eigenvalue weighted by Gasteiger charge is 2.50. The molecule has 0 N–H and O–H groups in total. The lowest BCUT2D eigenvalue weighted by Crippen LogP contribution is -2.41. The minimum atomic E-state index is -0.378. The normalized spacial score (nSPS) is 26.1. The van der Waals surface area contributed by atoms with E-state index in [-0.39, 0.29) is 17.5 Å². The molecule has 3 nitrogen and oxygen atoms in total. The number of rotatable bonds is 9. The molecule has 0 spiro atoms. The summed E-state index contributed by atoms with van der Waals surface area (Å²) in [6, 6.07) is 0. The lowest BCUT2D eigenvalue weighted by Gasteiger charge is -2.32. The van der Waals surface area contributed by atoms with Gasteiger partial charge in [0.15, 0.2) is 0 Å². The second kappa shape index (κ2) is 8.66. The average Bonchev–Trinajstić information content (AvgIpc) is 2.85. The molecule has 0 aliphatic heterocycles. The van der Waals surface area contributed by atoms with Gasteiger partial charge in [-0.15, -0.1) is 0 Å². The Labute approximate surface area is 124 Å². The van der Waals surface area contributed by atoms with Crippen molar-refractivity contribution in [3.8, 4) is 0 Å². The van der Waals surface area contributed by atoms with Gasteiger partial charge in [-0.25, -0.2) is 0 Å². The van der Waals surface area contributed by atoms with Crippen molar-refractivity contribution in [3.05, 3.63) is 0 Å². The molecule has 0 amide bonds. The Kier molecular flexibility index (Phi) is 7.57. The molecule has 0 saturated heterocycles. The van der Waals surface area contributed by atoms with Crippen LogP contribution in [0.1, 0.15) is 72.1 Å². The van der Waals surface area contributed by atoms with Crippen LogP contribution in [0.3, 0.4) is 0 Å². The number of unbranched alkanes of at least 4 members (excludes halogenated alkanes) is 3. The van der Waals surface area contributed by atoms with Crippen LogP contribution in [0.4, 0.5) is 0 Å². The lowest BCUT2D eigenvalue weighted by molar-refractivity contribution is -0.165. The lowest BCUT2D eigenvalue weighted by atomic mass is 9.79. The Balaban J connectivity index is 2.65. The van der Waals surface area contributed by atoms with Crippen LogP contribution in [0.5, 0.6) is 0 Å². The molecule has 2 atom stereocenters. The van der Waals surface area contributed by atoms with Crippen molar-refractivity contribution in [2.75, 3.05) is 13.7 Å². The van der Waals surface area contributed by atoms with E-state index in [4.69, 9.17) is 9.47 Å². The number of hydrogen-bond donors (Lipinski definition) is 0. The van der Waals surface area contributed by atoms with Crippen molar-refractivity contribution in [2.24, 2.45) is 11.3 Å². The Morgan fingerprint density at radius 3 is 2.65 bits per heavy atom. The minimum absolute atomic E-state index is 0.0213. The number of carbonyl (C=O) groups is 1. The smallest absolute Gasteiger partial charge is 0.314 e. The summed E-state index contributed by atoms with van der Waals surface area (Å²) in [4.78, 5) is 12.6. The first-order chi connectivity index (χ1) is 9.56. The number of hydrogen-bond acceptors (Lipinski definition) is 3. The molecule has 0 aromatic carbocycles. The minimum Gasteiger partial charge on any atom is -0.465 e. The summed E-state index contributed by atoms with van der Waals surface area (Å²) in [7, 11) is 1.73. The zero-order chi connectivity index (χ0) is 15.0. The third kappa shape index (κ3) is 4.47. The Morgan fingerprint density at radius 2 is 2.05 bits per heavy atom. The third-order valence-corrected chi connectivity index (χ3v) is 4.42. The Bertz CT molecular complexity index is 288. The second-order valence-corrected chi connectivity index (χ2v) is 6.58. The van der Waals surface area contributed by atoms with Crippen LogP contribution in [0, 0.1) is 11.3 Å². The van der Waals surface area contributed by atoms with Gasteiger partial charge >= 0.3 is 5.97 Å². The van der Waals surface area contributed by atoms with Crippen molar-refractivity contribution in [3.63, 3.8) is 0 Å². The van der Waals surface area contributed by atoms with Gasteiger partial charge < -0.3 is 9.47 Å². The van der Waals surface area contributed by atoms with Crippen LogP contribution < -0.4 is 0 Å². The monoisotopic (exact) mass is 284 g/mol. The van der Waals surface area contributed by atoms with Crippen LogP contribution in [0.2, 0.25) is 0 Å². The van der Waals surface area contributed by atoms with Crippen molar-refractivity contribution in [1.82, 2.24) is 0 Å². The quantitative estimate of drug-likeness (QED) is 0.466. The summed E-state index contributed by atoms with van der Waals surface area (Å²) in [5, 5.41) is 0. The summed E-state index contributed by atoms with van der Waals surface area (Å²) in [6.07, 6.45) is 8.72. The molecule has 1 saturated carbocycles. The van der Waals surface area contributed by atoms with Crippen molar-refractivity contribution < 1.29 is 14.3 Å². The molecule has 0 radical (unpaired) electrons. The van der Waals surface area contributed by atoms with Crippen LogP contribution >= 0.6 is 0 Å². The van der Waals surface area contributed by atoms with Crippen LogP contribution in [0.15, 0.2) is 0 Å². The zero-order valence-corrected chi connectivity index (χ0v) is 13.7. The summed E-state index contributed by atoms with van der Waals surface area (Å²) < 4.78 is 11.2. The highest BCUT2D eigenvalue weighted by molar-refractivity contribution is 5.78. The van der Waals surface area contributed by atoms with Gasteiger partial charge in [-0.05, 0) is 31.6 Å². The molecule has 0 aromatic rings. The maximum Gasteiger partial charge on any atom is 0.314 e. The largest absolute Gasteiger partial charge is 0.465 e. The maximum absolute atomic E-state index is 12.6. The summed E-state index contributed by atoms with van der Waals surface area (Å²) >= 11 is 0. The first-order valence-electron chi connectivity index (χ1n) is 8.26. The molecule has 3 heteroatoms. The van der Waals surface area contributed by atoms with Gasteiger partial charge in [0.1, 0.15) is 0 Å². The third-order valence-electron chi connectivity index (χ3n) is 4.42. The fourth-order valence-corrected chi connectivity index (χ4v) is 3.26. The van der Waals surface area contributed by atoms with Gasteiger partial charge in [-0.1, -0.05) is 46.5 Å². The van der Waals surface area contributed by atoms with E-state index in [1.54, 1.807) is 7.11 Å². The molecule has 0 heterocycles. The SMILES string of the molecule is CCCCCCC1(C(=O)OCC(C)C)CCCC1OC. The fourth-order valence-electron chi connectivity index (χ4n) is 3.26. The highest BCUT2D eigenvalue weighted by atomic mass is 16.5. The standard InChI is InChI=1S/C17H32O3/c1-5-6-7-8-11-17(12-9-10-15(17)19-4)16(18)20-13-14(2)3/h14-15H,5-13H2,1-4H3. The number of carbonyl (C=O) groups excluding carboxylic acids is 1. The van der Waals surface area contributed by atoms with Crippen molar-refractivity contribution in [2.45, 2.75) is 78.2 Å². The van der Waals surface area contributed by atoms with Crippen LogP contribution in [-0.2, 0) is 14.3 Å². The Hall–Kier alpha value is -0.570. The van der Waals surface area contributed by atoms with E-state index in [1.807, 2.05) is 0 Å². The van der Waals surface area contributed by atoms with E-state index < -0.39 is 0 Å². The summed E-state index contributed by atoms with van der Waals surface area (Å²) in [5.41, 5.74) is -0.378. The van der Waals surface area contributed by atoms with E-state index in [9.17, 15) is 4.79 Å². The van der Waals surface area contributed by atoms with Crippen molar-refractivity contribution in [1.29, 1.82) is 0 Å². The van der Waals surface area contributed by atoms with E-state index in [2.05, 4.69) is 20.8 Å². The second-order valence-electron chi connectivity index (χ2n) is 6.58. The fraction of sp³-hybridized carbons (Fsp3) is 0.941. The molecule has 2 unspecified atom stereocenters. The Morgan fingerprint density at radius 1 is 1.30 bits per heavy atom. The average molecular weight is 284 g/mol. The van der Waals surface area contributed by atoms with Gasteiger partial charge in [0.05, 0.1) is 18.1 Å². The number of ether oxygens (including phenoxy) is 2. The molecule has 1 fully saturated rings. The van der Waals surface area contributed by atoms with Crippen molar-refractivity contribution >= 4 is 5.97 Å². The maximum atomic E-state index is 12.6. The molecule has 0 aromatic heterocycles. The first kappa shape index (κ1) is 17.5. The molecule has 1 rings (SSSR count). The molecular weight excluding hydrogens is 252 g/mol. The summed E-state index contributed by atoms with van der Waals surface area (Å²) in [5.74, 6) is 0.366. The molecule has 1 aliphatic carbocycles. The predicted octanol–water partition coefficient (Wildman–Crippen LogP) is 4.34. The number of methoxy groups -OCH3 is 1. The van der Waals surface area contributed by atoms with Gasteiger partial charge in [0, 0.05) is 7.11 Å². The molecule has 118 valence electrons. The van der Waals surface area contributed by atoms with E-state index in [0.29, 0.717) is 12.5 Å². The van der Waals surface area contributed by atoms with Crippen LogP contribution in [-0.4, -0.2) is 25.8 Å². The van der Waals surface area contributed by atoms with Gasteiger partial charge in [-0.3, -0.25) is 4.79 Å². The topological polar surface area (TPSA) is 35.5 Å². The molecular formula is C17H32O3. The van der Waals surface area contributed by atoms with E-state index in [0.717, 1.165) is 32.1 Å². The summed E-state index contributed by atoms with van der Waals surface area (Å²) in [6.45, 7) is 6.87. The van der Waals surface area contributed by atoms with Gasteiger partial charge in [0.25, 0.3) is 0 Å². The molecule has 20 heavy (non-hydrogen) atoms.